The van der Waals surface area contributed by atoms with E-state index >= 15 is 0 Å². The van der Waals surface area contributed by atoms with Crippen molar-refractivity contribution < 1.29 is 4.79 Å². The Labute approximate surface area is 68.2 Å². The molecule has 0 aliphatic heterocycles. The largest absolute Gasteiger partial charge is 0.323 e. The van der Waals surface area contributed by atoms with Crippen molar-refractivity contribution in [2.45, 2.75) is 20.3 Å². The standard InChI is InChI=1S/C9H15NO/c1-4-5-6-7-8-10(3)9(2)11/h4-5,7-8H,6H2,1-3H3/b5-4+,8-7+. The smallest absolute Gasteiger partial charge is 0.223 e. The van der Waals surface area contributed by atoms with E-state index in [4.69, 9.17) is 0 Å². The summed E-state index contributed by atoms with van der Waals surface area (Å²) in [4.78, 5) is 12.2. The summed E-state index contributed by atoms with van der Waals surface area (Å²) in [6.45, 7) is 3.52. The molecule has 0 bridgehead atoms. The molecule has 1 amide bonds. The van der Waals surface area contributed by atoms with E-state index in [0.717, 1.165) is 6.42 Å². The molecule has 0 radical (unpaired) electrons. The lowest BCUT2D eigenvalue weighted by atomic mass is 10.4. The molecule has 0 aromatic heterocycles. The third kappa shape index (κ3) is 5.40. The maximum Gasteiger partial charge on any atom is 0.223 e. The summed E-state index contributed by atoms with van der Waals surface area (Å²) in [6.07, 6.45) is 8.63. The van der Waals surface area contributed by atoms with Crippen molar-refractivity contribution in [2.75, 3.05) is 7.05 Å². The van der Waals surface area contributed by atoms with Gasteiger partial charge in [0.05, 0.1) is 0 Å². The molecule has 11 heavy (non-hydrogen) atoms. The first-order chi connectivity index (χ1) is 5.18. The predicted octanol–water partition coefficient (Wildman–Crippen LogP) is 1.94. The highest BCUT2D eigenvalue weighted by molar-refractivity contribution is 5.73. The molecule has 0 aliphatic carbocycles. The van der Waals surface area contributed by atoms with E-state index in [1.165, 1.54) is 0 Å². The van der Waals surface area contributed by atoms with Gasteiger partial charge in [-0.3, -0.25) is 4.79 Å². The lowest BCUT2D eigenvalue weighted by Gasteiger charge is -2.06. The van der Waals surface area contributed by atoms with Crippen LogP contribution in [0.15, 0.2) is 24.4 Å². The van der Waals surface area contributed by atoms with E-state index in [2.05, 4.69) is 0 Å². The summed E-state index contributed by atoms with van der Waals surface area (Å²) in [7, 11) is 1.74. The number of allylic oxidation sites excluding steroid dienone is 3. The number of nitrogens with zero attached hydrogens (tertiary/aromatic N) is 1. The van der Waals surface area contributed by atoms with Gasteiger partial charge in [0.25, 0.3) is 0 Å². The second-order valence-corrected chi connectivity index (χ2v) is 2.32. The van der Waals surface area contributed by atoms with Gasteiger partial charge < -0.3 is 4.90 Å². The van der Waals surface area contributed by atoms with Crippen molar-refractivity contribution in [3.63, 3.8) is 0 Å². The summed E-state index contributed by atoms with van der Waals surface area (Å²) < 4.78 is 0. The molecule has 0 aromatic rings. The Hall–Kier alpha value is -1.05. The third-order valence-electron chi connectivity index (χ3n) is 1.33. The average Bonchev–Trinajstić information content (AvgIpc) is 1.97. The quantitative estimate of drug-likeness (QED) is 0.567. The van der Waals surface area contributed by atoms with Gasteiger partial charge in [-0.2, -0.15) is 0 Å². The SMILES string of the molecule is C/C=C/C/C=C/N(C)C(C)=O. The molecule has 0 heterocycles. The number of rotatable bonds is 3. The van der Waals surface area contributed by atoms with Gasteiger partial charge in [0.1, 0.15) is 0 Å². The number of amides is 1. The highest BCUT2D eigenvalue weighted by Gasteiger charge is 1.92. The van der Waals surface area contributed by atoms with E-state index in [1.807, 2.05) is 25.2 Å². The summed E-state index contributed by atoms with van der Waals surface area (Å²) in [5.41, 5.74) is 0. The number of hydrogen-bond acceptors (Lipinski definition) is 1. The topological polar surface area (TPSA) is 20.3 Å². The fraction of sp³-hybridized carbons (Fsp3) is 0.444. The zero-order valence-corrected chi connectivity index (χ0v) is 7.37. The van der Waals surface area contributed by atoms with Crippen LogP contribution in [-0.4, -0.2) is 17.9 Å². The molecule has 0 spiro atoms. The zero-order valence-electron chi connectivity index (χ0n) is 7.37. The Kier molecular flexibility index (Phi) is 5.17. The van der Waals surface area contributed by atoms with Crippen LogP contribution >= 0.6 is 0 Å². The van der Waals surface area contributed by atoms with Crippen LogP contribution in [0.5, 0.6) is 0 Å². The van der Waals surface area contributed by atoms with Gasteiger partial charge in [0.15, 0.2) is 0 Å². The van der Waals surface area contributed by atoms with Crippen LogP contribution < -0.4 is 0 Å². The van der Waals surface area contributed by atoms with E-state index in [-0.39, 0.29) is 5.91 Å². The lowest BCUT2D eigenvalue weighted by molar-refractivity contribution is -0.125. The third-order valence-corrected chi connectivity index (χ3v) is 1.33. The van der Waals surface area contributed by atoms with Crippen LogP contribution in [0.4, 0.5) is 0 Å². The van der Waals surface area contributed by atoms with Gasteiger partial charge >= 0.3 is 0 Å². The molecule has 0 aliphatic rings. The Balaban J connectivity index is 3.65. The van der Waals surface area contributed by atoms with Gasteiger partial charge in [-0.25, -0.2) is 0 Å². The monoisotopic (exact) mass is 153 g/mol. The van der Waals surface area contributed by atoms with Crippen LogP contribution in [0, 0.1) is 0 Å². The molecule has 0 saturated carbocycles. The lowest BCUT2D eigenvalue weighted by Crippen LogP contribution is -2.16. The van der Waals surface area contributed by atoms with Crippen LogP contribution in [0.2, 0.25) is 0 Å². The van der Waals surface area contributed by atoms with Gasteiger partial charge in [-0.05, 0) is 13.3 Å². The molecule has 0 atom stereocenters. The average molecular weight is 153 g/mol. The van der Waals surface area contributed by atoms with Crippen molar-refractivity contribution in [3.05, 3.63) is 24.4 Å². The summed E-state index contributed by atoms with van der Waals surface area (Å²) in [5.74, 6) is 0.0572. The minimum atomic E-state index is 0.0572. The predicted molar refractivity (Wildman–Crippen MR) is 47.0 cm³/mol. The van der Waals surface area contributed by atoms with Crippen molar-refractivity contribution in [2.24, 2.45) is 0 Å². The molecular weight excluding hydrogens is 138 g/mol. The van der Waals surface area contributed by atoms with E-state index in [9.17, 15) is 4.79 Å². The van der Waals surface area contributed by atoms with Crippen molar-refractivity contribution in [1.29, 1.82) is 0 Å². The summed E-state index contributed by atoms with van der Waals surface area (Å²) in [6, 6.07) is 0. The molecule has 0 fully saturated rings. The van der Waals surface area contributed by atoms with Crippen LogP contribution in [0.25, 0.3) is 0 Å². The highest BCUT2D eigenvalue weighted by atomic mass is 16.2. The molecule has 0 N–H and O–H groups in total. The first-order valence-corrected chi connectivity index (χ1v) is 3.69. The van der Waals surface area contributed by atoms with Crippen molar-refractivity contribution >= 4 is 5.91 Å². The highest BCUT2D eigenvalue weighted by Crippen LogP contribution is 1.89. The maximum absolute atomic E-state index is 10.7. The minimum absolute atomic E-state index is 0.0572. The second kappa shape index (κ2) is 5.71. The van der Waals surface area contributed by atoms with Crippen molar-refractivity contribution in [3.8, 4) is 0 Å². The zero-order chi connectivity index (χ0) is 8.69. The minimum Gasteiger partial charge on any atom is -0.323 e. The molecule has 2 heteroatoms. The van der Waals surface area contributed by atoms with Crippen molar-refractivity contribution in [1.82, 2.24) is 4.90 Å². The molecule has 0 rings (SSSR count). The number of hydrogen-bond donors (Lipinski definition) is 0. The first kappa shape index (κ1) is 9.95. The maximum atomic E-state index is 10.7. The molecule has 0 aromatic carbocycles. The molecule has 2 nitrogen and oxygen atoms in total. The number of carbonyl (C=O) groups excluding carboxylic acids is 1. The Morgan fingerprint density at radius 2 is 2.09 bits per heavy atom. The summed E-state index contributed by atoms with van der Waals surface area (Å²) in [5, 5.41) is 0. The van der Waals surface area contributed by atoms with Gasteiger partial charge in [-0.1, -0.05) is 18.2 Å². The van der Waals surface area contributed by atoms with E-state index in [0.29, 0.717) is 0 Å². The summed E-state index contributed by atoms with van der Waals surface area (Å²) >= 11 is 0. The Morgan fingerprint density at radius 3 is 2.55 bits per heavy atom. The first-order valence-electron chi connectivity index (χ1n) is 3.69. The van der Waals surface area contributed by atoms with E-state index in [1.54, 1.807) is 25.1 Å². The second-order valence-electron chi connectivity index (χ2n) is 2.32. The van der Waals surface area contributed by atoms with Crippen LogP contribution in [-0.2, 0) is 4.79 Å². The van der Waals surface area contributed by atoms with Crippen LogP contribution in [0.3, 0.4) is 0 Å². The molecule has 62 valence electrons. The number of carbonyl (C=O) groups is 1. The van der Waals surface area contributed by atoms with Gasteiger partial charge in [-0.15, -0.1) is 0 Å². The molecular formula is C9H15NO. The molecule has 0 saturated heterocycles. The normalized spacial score (nSPS) is 11.2. The fourth-order valence-corrected chi connectivity index (χ4v) is 0.539. The Bertz CT molecular complexity index is 170. The fourth-order valence-electron chi connectivity index (χ4n) is 0.539. The van der Waals surface area contributed by atoms with Crippen LogP contribution in [0.1, 0.15) is 20.3 Å². The van der Waals surface area contributed by atoms with Gasteiger partial charge in [0, 0.05) is 20.2 Å². The Morgan fingerprint density at radius 1 is 1.45 bits per heavy atom. The molecule has 0 unspecified atom stereocenters. The van der Waals surface area contributed by atoms with E-state index < -0.39 is 0 Å². The van der Waals surface area contributed by atoms with Gasteiger partial charge in [0.2, 0.25) is 5.91 Å².